The van der Waals surface area contributed by atoms with E-state index in [9.17, 15) is 0 Å². The number of rotatable bonds is 3. The van der Waals surface area contributed by atoms with Crippen LogP contribution in [-0.4, -0.2) is 30.2 Å². The first-order valence-electron chi connectivity index (χ1n) is 6.01. The summed E-state index contributed by atoms with van der Waals surface area (Å²) in [6, 6.07) is 5.69. The van der Waals surface area contributed by atoms with E-state index in [-0.39, 0.29) is 0 Å². The minimum absolute atomic E-state index is 0.575. The van der Waals surface area contributed by atoms with Crippen LogP contribution in [-0.2, 0) is 0 Å². The summed E-state index contributed by atoms with van der Waals surface area (Å²) >= 11 is 0. The first kappa shape index (κ1) is 11.6. The van der Waals surface area contributed by atoms with Crippen LogP contribution in [0.3, 0.4) is 0 Å². The molecule has 98 valence electrons. The Bertz CT molecular complexity index is 589. The van der Waals surface area contributed by atoms with Crippen LogP contribution in [0.4, 0.5) is 17.3 Å². The van der Waals surface area contributed by atoms with Gasteiger partial charge in [-0.1, -0.05) is 0 Å². The van der Waals surface area contributed by atoms with Gasteiger partial charge in [-0.05, 0) is 12.1 Å². The van der Waals surface area contributed by atoms with Crippen molar-refractivity contribution in [1.82, 2.24) is 9.97 Å². The smallest absolute Gasteiger partial charge is 0.163 e. The number of fused-ring (bicyclic) bond motifs is 1. The van der Waals surface area contributed by atoms with E-state index < -0.39 is 0 Å². The van der Waals surface area contributed by atoms with Crippen LogP contribution < -0.4 is 20.1 Å². The Hall–Kier alpha value is -2.50. The summed E-state index contributed by atoms with van der Waals surface area (Å²) in [4.78, 5) is 8.44. The van der Waals surface area contributed by atoms with E-state index in [0.29, 0.717) is 24.8 Å². The second-order valence-corrected chi connectivity index (χ2v) is 4.02. The van der Waals surface area contributed by atoms with Gasteiger partial charge in [0.2, 0.25) is 0 Å². The number of anilines is 3. The van der Waals surface area contributed by atoms with Gasteiger partial charge in [-0.15, -0.1) is 0 Å². The maximum Gasteiger partial charge on any atom is 0.163 e. The first-order chi connectivity index (χ1) is 9.35. The van der Waals surface area contributed by atoms with Crippen LogP contribution >= 0.6 is 0 Å². The van der Waals surface area contributed by atoms with E-state index in [1.807, 2.05) is 18.2 Å². The maximum atomic E-state index is 5.53. The van der Waals surface area contributed by atoms with Gasteiger partial charge in [0.15, 0.2) is 17.3 Å². The van der Waals surface area contributed by atoms with Crippen LogP contribution in [0.25, 0.3) is 0 Å². The summed E-state index contributed by atoms with van der Waals surface area (Å²) in [7, 11) is 1.80. The third-order valence-electron chi connectivity index (χ3n) is 2.71. The van der Waals surface area contributed by atoms with E-state index in [2.05, 4.69) is 20.6 Å². The summed E-state index contributed by atoms with van der Waals surface area (Å²) in [6.45, 7) is 1.17. The number of nitrogens with zero attached hydrogens (tertiary/aromatic N) is 2. The van der Waals surface area contributed by atoms with Crippen molar-refractivity contribution < 1.29 is 9.47 Å². The van der Waals surface area contributed by atoms with Crippen molar-refractivity contribution in [2.75, 3.05) is 30.9 Å². The molecule has 2 N–H and O–H groups in total. The first-order valence-corrected chi connectivity index (χ1v) is 6.01. The lowest BCUT2D eigenvalue weighted by Crippen LogP contribution is -2.15. The van der Waals surface area contributed by atoms with Crippen molar-refractivity contribution in [3.8, 4) is 11.5 Å². The van der Waals surface area contributed by atoms with Crippen molar-refractivity contribution >= 4 is 17.3 Å². The van der Waals surface area contributed by atoms with Gasteiger partial charge >= 0.3 is 0 Å². The quantitative estimate of drug-likeness (QED) is 0.878. The molecular weight excluding hydrogens is 244 g/mol. The molecule has 0 amide bonds. The molecule has 1 aromatic heterocycles. The average molecular weight is 258 g/mol. The van der Waals surface area contributed by atoms with E-state index >= 15 is 0 Å². The summed E-state index contributed by atoms with van der Waals surface area (Å²) in [5.74, 6) is 2.90. The van der Waals surface area contributed by atoms with Crippen molar-refractivity contribution in [2.45, 2.75) is 0 Å². The van der Waals surface area contributed by atoms with Gasteiger partial charge in [0.05, 0.1) is 12.4 Å². The molecule has 0 saturated carbocycles. The number of benzene rings is 1. The molecule has 1 aromatic carbocycles. The maximum absolute atomic E-state index is 5.53. The van der Waals surface area contributed by atoms with Crippen LogP contribution in [0.15, 0.2) is 30.6 Å². The molecule has 0 aliphatic carbocycles. The second kappa shape index (κ2) is 5.01. The molecule has 6 nitrogen and oxygen atoms in total. The number of hydrogen-bond donors (Lipinski definition) is 2. The highest BCUT2D eigenvalue weighted by Crippen LogP contribution is 2.33. The molecule has 0 spiro atoms. The standard InChI is InChI=1S/C13H14N4O2/c1-14-12-7-15-8-13(17-12)16-9-2-3-10-11(6-9)19-5-4-18-10/h2-3,6-8H,4-5H2,1H3,(H2,14,16,17). The van der Waals surface area contributed by atoms with Gasteiger partial charge in [0, 0.05) is 18.8 Å². The van der Waals surface area contributed by atoms with Gasteiger partial charge < -0.3 is 20.1 Å². The molecule has 19 heavy (non-hydrogen) atoms. The predicted octanol–water partition coefficient (Wildman–Crippen LogP) is 2.03. The fourth-order valence-electron chi connectivity index (χ4n) is 1.82. The van der Waals surface area contributed by atoms with Crippen LogP contribution in [0, 0.1) is 0 Å². The van der Waals surface area contributed by atoms with Gasteiger partial charge in [-0.25, -0.2) is 4.98 Å². The second-order valence-electron chi connectivity index (χ2n) is 4.02. The lowest BCUT2D eigenvalue weighted by molar-refractivity contribution is 0.171. The van der Waals surface area contributed by atoms with Crippen LogP contribution in [0.5, 0.6) is 11.5 Å². The van der Waals surface area contributed by atoms with Gasteiger partial charge in [0.1, 0.15) is 19.0 Å². The lowest BCUT2D eigenvalue weighted by Gasteiger charge is -2.19. The Morgan fingerprint density at radius 1 is 1.05 bits per heavy atom. The summed E-state index contributed by atoms with van der Waals surface area (Å²) in [5.41, 5.74) is 0.881. The molecule has 0 atom stereocenters. The fourth-order valence-corrected chi connectivity index (χ4v) is 1.82. The van der Waals surface area contributed by atoms with Crippen molar-refractivity contribution in [1.29, 1.82) is 0 Å². The highest BCUT2D eigenvalue weighted by Gasteiger charge is 2.11. The summed E-state index contributed by atoms with van der Waals surface area (Å²) < 4.78 is 11.0. The van der Waals surface area contributed by atoms with Crippen LogP contribution in [0.2, 0.25) is 0 Å². The average Bonchev–Trinajstić information content (AvgIpc) is 2.47. The molecule has 6 heteroatoms. The zero-order valence-corrected chi connectivity index (χ0v) is 10.5. The summed E-state index contributed by atoms with van der Waals surface area (Å²) in [6.07, 6.45) is 3.33. The number of hydrogen-bond acceptors (Lipinski definition) is 6. The van der Waals surface area contributed by atoms with Gasteiger partial charge in [-0.2, -0.15) is 0 Å². The van der Waals surface area contributed by atoms with E-state index in [4.69, 9.17) is 9.47 Å². The van der Waals surface area contributed by atoms with Crippen molar-refractivity contribution in [3.05, 3.63) is 30.6 Å². The molecule has 0 unspecified atom stereocenters. The highest BCUT2D eigenvalue weighted by atomic mass is 16.6. The number of nitrogens with one attached hydrogen (secondary N) is 2. The Balaban J connectivity index is 1.82. The minimum Gasteiger partial charge on any atom is -0.486 e. The van der Waals surface area contributed by atoms with E-state index in [1.54, 1.807) is 19.4 Å². The molecule has 0 fully saturated rings. The molecule has 0 bridgehead atoms. The third-order valence-corrected chi connectivity index (χ3v) is 2.71. The zero-order chi connectivity index (χ0) is 13.1. The Morgan fingerprint density at radius 3 is 2.68 bits per heavy atom. The largest absolute Gasteiger partial charge is 0.486 e. The third kappa shape index (κ3) is 2.52. The molecule has 0 saturated heterocycles. The van der Waals surface area contributed by atoms with E-state index in [0.717, 1.165) is 17.2 Å². The molecule has 1 aliphatic heterocycles. The molecule has 2 aromatic rings. The summed E-state index contributed by atoms with van der Waals surface area (Å²) in [5, 5.41) is 6.12. The fraction of sp³-hybridized carbons (Fsp3) is 0.231. The lowest BCUT2D eigenvalue weighted by atomic mass is 10.2. The Labute approximate surface area is 110 Å². The molecule has 3 rings (SSSR count). The van der Waals surface area contributed by atoms with Crippen LogP contribution in [0.1, 0.15) is 0 Å². The SMILES string of the molecule is CNc1cncc(Nc2ccc3c(c2)OCCO3)n1. The zero-order valence-electron chi connectivity index (χ0n) is 10.5. The predicted molar refractivity (Wildman–Crippen MR) is 72.3 cm³/mol. The van der Waals surface area contributed by atoms with Crippen molar-refractivity contribution in [2.24, 2.45) is 0 Å². The minimum atomic E-state index is 0.575. The molecule has 0 radical (unpaired) electrons. The van der Waals surface area contributed by atoms with E-state index in [1.165, 1.54) is 0 Å². The molecule has 2 heterocycles. The Morgan fingerprint density at radius 2 is 1.84 bits per heavy atom. The number of aromatic nitrogens is 2. The van der Waals surface area contributed by atoms with Crippen molar-refractivity contribution in [3.63, 3.8) is 0 Å². The molecule has 1 aliphatic rings. The topological polar surface area (TPSA) is 68.3 Å². The normalized spacial score (nSPS) is 12.9. The molecular formula is C13H14N4O2. The van der Waals surface area contributed by atoms with Gasteiger partial charge in [-0.3, -0.25) is 4.98 Å². The Kier molecular flexibility index (Phi) is 3.06. The van der Waals surface area contributed by atoms with Gasteiger partial charge in [0.25, 0.3) is 0 Å². The highest BCUT2D eigenvalue weighted by molar-refractivity contribution is 5.61. The monoisotopic (exact) mass is 258 g/mol. The number of ether oxygens (including phenoxy) is 2.